The number of dihydropyridines is 1. The van der Waals surface area contributed by atoms with Gasteiger partial charge in [0.2, 0.25) is 5.91 Å². The summed E-state index contributed by atoms with van der Waals surface area (Å²) in [5.41, 5.74) is 3.70. The molecule has 0 radical (unpaired) electrons. The van der Waals surface area contributed by atoms with E-state index in [-0.39, 0.29) is 24.2 Å². The van der Waals surface area contributed by atoms with Crippen LogP contribution in [0.3, 0.4) is 0 Å². The molecular formula is C26H31N5O3. The van der Waals surface area contributed by atoms with Gasteiger partial charge in [-0.1, -0.05) is 25.1 Å². The number of nitrogens with zero attached hydrogens (tertiary/aromatic N) is 2. The highest BCUT2D eigenvalue weighted by Gasteiger charge is 2.22. The van der Waals surface area contributed by atoms with Crippen LogP contribution in [0.2, 0.25) is 0 Å². The number of ether oxygens (including phenoxy) is 1. The topological polar surface area (TPSA) is 105 Å². The lowest BCUT2D eigenvalue weighted by Crippen LogP contribution is -2.40. The van der Waals surface area contributed by atoms with Crippen molar-refractivity contribution in [2.45, 2.75) is 39.2 Å². The van der Waals surface area contributed by atoms with Crippen LogP contribution in [-0.2, 0) is 14.3 Å². The molecule has 178 valence electrons. The quantitative estimate of drug-likeness (QED) is 0.496. The van der Waals surface area contributed by atoms with Crippen molar-refractivity contribution in [3.05, 3.63) is 65.6 Å². The molecule has 1 amide bonds. The lowest BCUT2D eigenvalue weighted by Gasteiger charge is -2.26. The van der Waals surface area contributed by atoms with Crippen LogP contribution in [0.25, 0.3) is 10.9 Å². The van der Waals surface area contributed by atoms with Crippen molar-refractivity contribution in [2.75, 3.05) is 19.7 Å². The highest BCUT2D eigenvalue weighted by molar-refractivity contribution is 6.00. The number of benzene rings is 1. The van der Waals surface area contributed by atoms with Gasteiger partial charge in [-0.25, -0.2) is 0 Å². The minimum absolute atomic E-state index is 0.0578. The summed E-state index contributed by atoms with van der Waals surface area (Å²) in [6, 6.07) is 9.23. The van der Waals surface area contributed by atoms with Gasteiger partial charge >= 0.3 is 5.97 Å². The summed E-state index contributed by atoms with van der Waals surface area (Å²) in [7, 11) is 0. The Bertz CT molecular complexity index is 1150. The van der Waals surface area contributed by atoms with E-state index in [2.05, 4.69) is 32.9 Å². The van der Waals surface area contributed by atoms with Gasteiger partial charge in [0, 0.05) is 30.2 Å². The Hall–Kier alpha value is -3.68. The number of carbonyl (C=O) groups is 2. The fourth-order valence-corrected chi connectivity index (χ4v) is 4.10. The summed E-state index contributed by atoms with van der Waals surface area (Å²) < 4.78 is 5.14. The Morgan fingerprint density at radius 1 is 1.24 bits per heavy atom. The molecule has 1 aromatic carbocycles. The molecule has 0 saturated carbocycles. The number of para-hydroxylation sites is 1. The first-order chi connectivity index (χ1) is 16.5. The normalized spacial score (nSPS) is 16.6. The van der Waals surface area contributed by atoms with Crippen LogP contribution in [0.4, 0.5) is 0 Å². The molecule has 0 saturated heterocycles. The summed E-state index contributed by atoms with van der Waals surface area (Å²) in [5.74, 6) is 0.548. The smallest absolute Gasteiger partial charge is 0.308 e. The molecular weight excluding hydrogens is 430 g/mol. The predicted octanol–water partition coefficient (Wildman–Crippen LogP) is 3.13. The number of hydrogen-bond donors (Lipinski definition) is 3. The third-order valence-corrected chi connectivity index (χ3v) is 6.01. The number of aliphatic imine (C=N–C) groups is 1. The predicted molar refractivity (Wildman–Crippen MR) is 132 cm³/mol. The second-order valence-corrected chi connectivity index (χ2v) is 8.51. The van der Waals surface area contributed by atoms with E-state index < -0.39 is 6.04 Å². The van der Waals surface area contributed by atoms with E-state index >= 15 is 0 Å². The second kappa shape index (κ2) is 11.0. The van der Waals surface area contributed by atoms with Crippen LogP contribution in [0, 0.1) is 5.92 Å². The summed E-state index contributed by atoms with van der Waals surface area (Å²) >= 11 is 0. The van der Waals surface area contributed by atoms with E-state index in [4.69, 9.17) is 4.74 Å². The van der Waals surface area contributed by atoms with Gasteiger partial charge in [-0.3, -0.25) is 19.6 Å². The average Bonchev–Trinajstić information content (AvgIpc) is 2.86. The Kier molecular flexibility index (Phi) is 7.57. The number of amides is 1. The number of rotatable bonds is 9. The molecule has 2 atom stereocenters. The average molecular weight is 462 g/mol. The first kappa shape index (κ1) is 23.5. The van der Waals surface area contributed by atoms with Crippen LogP contribution in [0.1, 0.15) is 44.7 Å². The summed E-state index contributed by atoms with van der Waals surface area (Å²) in [6.45, 7) is 5.74. The molecule has 2 aliphatic heterocycles. The number of carbonyl (C=O) groups excluding carboxylic acids is 2. The van der Waals surface area contributed by atoms with Crippen molar-refractivity contribution in [1.82, 2.24) is 20.9 Å². The minimum Gasteiger partial charge on any atom is -0.466 e. The third-order valence-electron chi connectivity index (χ3n) is 6.01. The molecule has 2 aliphatic rings. The van der Waals surface area contributed by atoms with Crippen molar-refractivity contribution in [2.24, 2.45) is 10.9 Å². The van der Waals surface area contributed by atoms with Gasteiger partial charge < -0.3 is 20.7 Å². The lowest BCUT2D eigenvalue weighted by molar-refractivity contribution is -0.143. The number of allylic oxidation sites excluding steroid dienone is 3. The zero-order valence-corrected chi connectivity index (χ0v) is 19.6. The van der Waals surface area contributed by atoms with Crippen LogP contribution in [0.5, 0.6) is 0 Å². The molecule has 0 aliphatic carbocycles. The molecule has 8 heteroatoms. The molecule has 1 aromatic heterocycles. The van der Waals surface area contributed by atoms with E-state index in [1.807, 2.05) is 42.5 Å². The minimum atomic E-state index is -0.501. The van der Waals surface area contributed by atoms with Gasteiger partial charge in [-0.05, 0) is 49.1 Å². The van der Waals surface area contributed by atoms with Crippen molar-refractivity contribution >= 4 is 28.6 Å². The van der Waals surface area contributed by atoms with Gasteiger partial charge in [0.1, 0.15) is 5.84 Å². The summed E-state index contributed by atoms with van der Waals surface area (Å²) in [4.78, 5) is 34.1. The van der Waals surface area contributed by atoms with E-state index in [1.54, 1.807) is 13.1 Å². The largest absolute Gasteiger partial charge is 0.466 e. The molecule has 0 spiro atoms. The molecule has 8 nitrogen and oxygen atoms in total. The first-order valence-electron chi connectivity index (χ1n) is 11.8. The van der Waals surface area contributed by atoms with Crippen molar-refractivity contribution < 1.29 is 14.3 Å². The fourth-order valence-electron chi connectivity index (χ4n) is 4.10. The number of esters is 1. The number of nitrogens with one attached hydrogen (secondary N) is 3. The van der Waals surface area contributed by atoms with Gasteiger partial charge in [-0.15, -0.1) is 0 Å². The van der Waals surface area contributed by atoms with Gasteiger partial charge in [0.05, 0.1) is 36.8 Å². The maximum absolute atomic E-state index is 12.9. The van der Waals surface area contributed by atoms with Crippen molar-refractivity contribution in [3.63, 3.8) is 0 Å². The molecule has 3 heterocycles. The number of aromatic nitrogens is 1. The lowest BCUT2D eigenvalue weighted by atomic mass is 9.98. The zero-order valence-electron chi connectivity index (χ0n) is 19.6. The van der Waals surface area contributed by atoms with E-state index in [1.165, 1.54) is 0 Å². The summed E-state index contributed by atoms with van der Waals surface area (Å²) in [5, 5.41) is 10.7. The summed E-state index contributed by atoms with van der Waals surface area (Å²) in [6.07, 6.45) is 6.84. The van der Waals surface area contributed by atoms with Crippen LogP contribution >= 0.6 is 0 Å². The number of fused-ring (bicyclic) bond motifs is 2. The van der Waals surface area contributed by atoms with Gasteiger partial charge in [0.25, 0.3) is 0 Å². The van der Waals surface area contributed by atoms with E-state index in [0.29, 0.717) is 19.4 Å². The van der Waals surface area contributed by atoms with E-state index in [9.17, 15) is 9.59 Å². The standard InChI is InChI=1S/C26H31N5O3/c1-3-34-25(33)15-23(19-14-18-6-4-5-7-21(18)29-16-19)30-24(32)11-8-17(2)20-9-10-22-26(31-20)28-13-12-27-22/h4-7,9-10,14,16-17,23,27H,3,8,11-13,15H2,1-2H3,(H,28,31)(H,30,32). The molecule has 3 N–H and O–H groups in total. The zero-order chi connectivity index (χ0) is 23.9. The first-order valence-corrected chi connectivity index (χ1v) is 11.8. The van der Waals surface area contributed by atoms with Gasteiger partial charge in [-0.2, -0.15) is 0 Å². The molecule has 4 rings (SSSR count). The Morgan fingerprint density at radius 3 is 2.94 bits per heavy atom. The Balaban J connectivity index is 1.40. The Morgan fingerprint density at radius 2 is 2.09 bits per heavy atom. The third kappa shape index (κ3) is 5.81. The molecule has 0 fully saturated rings. The highest BCUT2D eigenvalue weighted by atomic mass is 16.5. The van der Waals surface area contributed by atoms with Gasteiger partial charge in [0.15, 0.2) is 0 Å². The highest BCUT2D eigenvalue weighted by Crippen LogP contribution is 2.23. The SMILES string of the molecule is CCOC(=O)CC(NC(=O)CCC(C)C1=CC=C2NCCN=C2N1)c1cnc2ccccc2c1. The molecule has 2 aromatic rings. The second-order valence-electron chi connectivity index (χ2n) is 8.51. The fraction of sp³-hybridized carbons (Fsp3) is 0.385. The van der Waals surface area contributed by atoms with Crippen LogP contribution < -0.4 is 16.0 Å². The van der Waals surface area contributed by atoms with Crippen LogP contribution in [0.15, 0.2) is 65.1 Å². The van der Waals surface area contributed by atoms with E-state index in [0.717, 1.165) is 46.8 Å². The number of hydrogen-bond acceptors (Lipinski definition) is 7. The monoisotopic (exact) mass is 461 g/mol. The molecule has 34 heavy (non-hydrogen) atoms. The number of amidine groups is 1. The maximum atomic E-state index is 12.9. The maximum Gasteiger partial charge on any atom is 0.308 e. The Labute approximate surface area is 199 Å². The van der Waals surface area contributed by atoms with Crippen molar-refractivity contribution in [3.8, 4) is 0 Å². The molecule has 2 unspecified atom stereocenters. The number of pyridine rings is 1. The van der Waals surface area contributed by atoms with Crippen LogP contribution in [-0.4, -0.2) is 42.4 Å². The molecule has 0 bridgehead atoms. The van der Waals surface area contributed by atoms with Crippen molar-refractivity contribution in [1.29, 1.82) is 0 Å².